The number of nitrogens with zero attached hydrogens (tertiary/aromatic N) is 1. The number of methoxy groups -OCH3 is 1. The van der Waals surface area contributed by atoms with E-state index in [1.165, 1.54) is 45.4 Å². The minimum absolute atomic E-state index is 0.0399. The summed E-state index contributed by atoms with van der Waals surface area (Å²) in [5, 5.41) is 10.1. The molecule has 0 aliphatic heterocycles. The highest BCUT2D eigenvalue weighted by molar-refractivity contribution is 5.99. The number of pyridine rings is 1. The molecule has 190 valence electrons. The molecule has 36 heavy (non-hydrogen) atoms. The number of hydrogen-bond acceptors (Lipinski definition) is 6. The van der Waals surface area contributed by atoms with Gasteiger partial charge >= 0.3 is 5.97 Å². The second-order valence-corrected chi connectivity index (χ2v) is 8.21. The highest BCUT2D eigenvalue weighted by atomic mass is 19.2. The van der Waals surface area contributed by atoms with Crippen LogP contribution in [0.1, 0.15) is 47.8 Å². The average molecular weight is 505 g/mol. The van der Waals surface area contributed by atoms with Crippen LogP contribution in [0, 0.1) is 29.2 Å². The zero-order valence-electron chi connectivity index (χ0n) is 19.6. The number of hydrogen-bond donors (Lipinski definition) is 1. The van der Waals surface area contributed by atoms with Crippen molar-refractivity contribution in [2.45, 2.75) is 32.3 Å². The molecule has 0 unspecified atom stereocenters. The van der Waals surface area contributed by atoms with E-state index in [0.717, 1.165) is 24.3 Å². The maximum absolute atomic E-state index is 14.0. The maximum Gasteiger partial charge on any atom is 0.309 e. The van der Waals surface area contributed by atoms with Crippen molar-refractivity contribution in [1.82, 2.24) is 4.98 Å². The molecule has 0 saturated heterocycles. The number of esters is 1. The van der Waals surface area contributed by atoms with Gasteiger partial charge in [0, 0.05) is 24.6 Å². The van der Waals surface area contributed by atoms with E-state index in [4.69, 9.17) is 9.47 Å². The molecule has 3 rings (SSSR count). The topological polar surface area (TPSA) is 85.7 Å². The van der Waals surface area contributed by atoms with Crippen LogP contribution >= 0.6 is 0 Å². The predicted molar refractivity (Wildman–Crippen MR) is 121 cm³/mol. The molecule has 10 heteroatoms. The number of ketones is 1. The van der Waals surface area contributed by atoms with Crippen molar-refractivity contribution in [2.75, 3.05) is 7.11 Å². The largest absolute Gasteiger partial charge is 0.503 e. The summed E-state index contributed by atoms with van der Waals surface area (Å²) < 4.78 is 65.4. The van der Waals surface area contributed by atoms with E-state index >= 15 is 0 Å². The minimum atomic E-state index is -1.16. The molecule has 0 aliphatic rings. The summed E-state index contributed by atoms with van der Waals surface area (Å²) in [6.07, 6.45) is -0.140. The van der Waals surface area contributed by atoms with Crippen LogP contribution in [-0.2, 0) is 9.53 Å². The minimum Gasteiger partial charge on any atom is -0.503 e. The lowest BCUT2D eigenvalue weighted by Gasteiger charge is -2.26. The number of halogens is 4. The van der Waals surface area contributed by atoms with Gasteiger partial charge in [-0.2, -0.15) is 0 Å². The Balaban J connectivity index is 1.82. The van der Waals surface area contributed by atoms with Crippen molar-refractivity contribution in [3.8, 4) is 11.5 Å². The average Bonchev–Trinajstić information content (AvgIpc) is 2.83. The number of aromatic hydroxyl groups is 1. The van der Waals surface area contributed by atoms with Crippen molar-refractivity contribution >= 4 is 11.8 Å². The van der Waals surface area contributed by atoms with Crippen molar-refractivity contribution in [3.63, 3.8) is 0 Å². The Morgan fingerprint density at radius 3 is 1.97 bits per heavy atom. The predicted octanol–water partition coefficient (Wildman–Crippen LogP) is 5.32. The number of carbonyl (C=O) groups is 2. The molecule has 1 aromatic heterocycles. The molecule has 0 saturated carbocycles. The summed E-state index contributed by atoms with van der Waals surface area (Å²) in [5.74, 6) is -8.37. The molecule has 2 atom stereocenters. The standard InChI is InChI=1S/C26H23F4NO5/c1-13(10-21(32)24-25(33)22(35-3)8-9-31-24)26(34)36-14(2)23(15-4-6-17(27)19(29)11-15)16-5-7-18(28)20(30)12-16/h4-9,11-14,23,33H,10H2,1-3H3/t13-,14+/m1/s1. The van der Waals surface area contributed by atoms with Crippen LogP contribution in [0.5, 0.6) is 11.5 Å². The number of carbonyl (C=O) groups excluding carboxylic acids is 2. The van der Waals surface area contributed by atoms with Crippen LogP contribution in [0.3, 0.4) is 0 Å². The van der Waals surface area contributed by atoms with Gasteiger partial charge in [0.2, 0.25) is 0 Å². The van der Waals surface area contributed by atoms with Crippen molar-refractivity contribution < 1.29 is 41.7 Å². The van der Waals surface area contributed by atoms with Gasteiger partial charge in [0.05, 0.1) is 13.0 Å². The molecular formula is C26H23F4NO5. The third kappa shape index (κ3) is 5.81. The van der Waals surface area contributed by atoms with Crippen molar-refractivity contribution in [1.29, 1.82) is 0 Å². The van der Waals surface area contributed by atoms with Crippen LogP contribution < -0.4 is 4.74 Å². The fraction of sp³-hybridized carbons (Fsp3) is 0.269. The van der Waals surface area contributed by atoms with E-state index in [1.54, 1.807) is 0 Å². The lowest BCUT2D eigenvalue weighted by atomic mass is 9.86. The second kappa shape index (κ2) is 11.2. The summed E-state index contributed by atoms with van der Waals surface area (Å²) in [7, 11) is 1.31. The number of rotatable bonds is 9. The molecule has 0 amide bonds. The van der Waals surface area contributed by atoms with E-state index in [9.17, 15) is 32.3 Å². The van der Waals surface area contributed by atoms with E-state index < -0.39 is 58.7 Å². The van der Waals surface area contributed by atoms with Gasteiger partial charge in [0.15, 0.2) is 46.2 Å². The summed E-state index contributed by atoms with van der Waals surface area (Å²) in [6.45, 7) is 2.88. The lowest BCUT2D eigenvalue weighted by molar-refractivity contribution is -0.153. The SMILES string of the molecule is COc1ccnc(C(=O)C[C@@H](C)C(=O)O[C@@H](C)C(c2ccc(F)c(F)c2)c2ccc(F)c(F)c2)c1O. The van der Waals surface area contributed by atoms with Crippen LogP contribution in [0.2, 0.25) is 0 Å². The Labute approximate surface area is 204 Å². The number of Topliss-reactive ketones (excluding diaryl/α,β-unsaturated/α-hetero) is 1. The zero-order chi connectivity index (χ0) is 26.6. The van der Waals surface area contributed by atoms with E-state index in [0.29, 0.717) is 0 Å². The highest BCUT2D eigenvalue weighted by Gasteiger charge is 2.30. The fourth-order valence-electron chi connectivity index (χ4n) is 3.78. The van der Waals surface area contributed by atoms with Crippen LogP contribution in [0.25, 0.3) is 0 Å². The summed E-state index contributed by atoms with van der Waals surface area (Å²) in [5.41, 5.74) is 0.0485. The summed E-state index contributed by atoms with van der Waals surface area (Å²) in [6, 6.07) is 7.38. The summed E-state index contributed by atoms with van der Waals surface area (Å²) >= 11 is 0. The van der Waals surface area contributed by atoms with E-state index in [-0.39, 0.29) is 29.0 Å². The smallest absolute Gasteiger partial charge is 0.309 e. The van der Waals surface area contributed by atoms with E-state index in [2.05, 4.69) is 4.98 Å². The molecule has 0 spiro atoms. The first-order valence-corrected chi connectivity index (χ1v) is 10.9. The fourth-order valence-corrected chi connectivity index (χ4v) is 3.78. The zero-order valence-corrected chi connectivity index (χ0v) is 19.6. The van der Waals surface area contributed by atoms with Gasteiger partial charge in [-0.15, -0.1) is 0 Å². The molecule has 1 N–H and O–H groups in total. The maximum atomic E-state index is 14.0. The quantitative estimate of drug-likeness (QED) is 0.241. The van der Waals surface area contributed by atoms with Gasteiger partial charge in [-0.1, -0.05) is 19.1 Å². The number of benzene rings is 2. The third-order valence-corrected chi connectivity index (χ3v) is 5.64. The first-order chi connectivity index (χ1) is 17.0. The lowest BCUT2D eigenvalue weighted by Crippen LogP contribution is -2.28. The molecular weight excluding hydrogens is 482 g/mol. The highest BCUT2D eigenvalue weighted by Crippen LogP contribution is 2.33. The Kier molecular flexibility index (Phi) is 8.29. The van der Waals surface area contributed by atoms with Crippen molar-refractivity contribution in [3.05, 3.63) is 88.8 Å². The Morgan fingerprint density at radius 1 is 0.917 bits per heavy atom. The Hall–Kier alpha value is -3.95. The molecule has 0 radical (unpaired) electrons. The first kappa shape index (κ1) is 26.7. The molecule has 0 aliphatic carbocycles. The molecule has 2 aromatic carbocycles. The van der Waals surface area contributed by atoms with Crippen LogP contribution in [0.15, 0.2) is 48.7 Å². The first-order valence-electron chi connectivity index (χ1n) is 10.9. The van der Waals surface area contributed by atoms with Gasteiger partial charge in [0.1, 0.15) is 6.10 Å². The van der Waals surface area contributed by atoms with Crippen LogP contribution in [-0.4, -0.2) is 35.1 Å². The third-order valence-electron chi connectivity index (χ3n) is 5.64. The monoisotopic (exact) mass is 505 g/mol. The Bertz CT molecular complexity index is 1230. The van der Waals surface area contributed by atoms with Gasteiger partial charge < -0.3 is 14.6 Å². The molecule has 6 nitrogen and oxygen atoms in total. The van der Waals surface area contributed by atoms with Gasteiger partial charge in [-0.05, 0) is 42.3 Å². The molecule has 3 aromatic rings. The molecule has 1 heterocycles. The summed E-state index contributed by atoms with van der Waals surface area (Å²) in [4.78, 5) is 29.2. The van der Waals surface area contributed by atoms with Gasteiger partial charge in [0.25, 0.3) is 0 Å². The Morgan fingerprint density at radius 2 is 1.47 bits per heavy atom. The van der Waals surface area contributed by atoms with Crippen molar-refractivity contribution in [2.24, 2.45) is 5.92 Å². The molecule has 0 fully saturated rings. The van der Waals surface area contributed by atoms with E-state index in [1.807, 2.05) is 0 Å². The molecule has 0 bridgehead atoms. The van der Waals surface area contributed by atoms with Gasteiger partial charge in [-0.3, -0.25) is 9.59 Å². The second-order valence-electron chi connectivity index (χ2n) is 8.21. The van der Waals surface area contributed by atoms with Gasteiger partial charge in [-0.25, -0.2) is 22.5 Å². The number of aromatic nitrogens is 1. The number of ether oxygens (including phenoxy) is 2. The normalized spacial score (nSPS) is 12.8. The van der Waals surface area contributed by atoms with Crippen LogP contribution in [0.4, 0.5) is 17.6 Å².